The van der Waals surface area contributed by atoms with Gasteiger partial charge in [-0.3, -0.25) is 4.79 Å². The minimum Gasteiger partial charge on any atom is -0.371 e. The molecule has 2 saturated heterocycles. The number of rotatable bonds is 5. The Morgan fingerprint density at radius 2 is 1.59 bits per heavy atom. The van der Waals surface area contributed by atoms with E-state index in [1.807, 2.05) is 12.1 Å². The molecule has 7 heteroatoms. The zero-order chi connectivity index (χ0) is 22.1. The number of hydrogen-bond donors (Lipinski definition) is 2. The van der Waals surface area contributed by atoms with Crippen molar-refractivity contribution in [2.45, 2.75) is 38.1 Å². The van der Waals surface area contributed by atoms with E-state index in [4.69, 9.17) is 11.6 Å². The molecule has 168 valence electrons. The monoisotopic (exact) mass is 452 g/mol. The Bertz CT molecular complexity index is 974. The summed E-state index contributed by atoms with van der Waals surface area (Å²) in [6, 6.07) is 14.3. The first-order valence-corrected chi connectivity index (χ1v) is 11.9. The molecule has 3 amide bonds. The zero-order valence-corrected chi connectivity index (χ0v) is 18.9. The smallest absolute Gasteiger partial charge is 0.319 e. The van der Waals surface area contributed by atoms with E-state index in [0.717, 1.165) is 37.0 Å². The first-order valence-electron chi connectivity index (χ1n) is 11.6. The lowest BCUT2D eigenvalue weighted by Crippen LogP contribution is -2.53. The van der Waals surface area contributed by atoms with Crippen molar-refractivity contribution in [2.75, 3.05) is 34.8 Å². The number of piperidine rings is 1. The highest BCUT2D eigenvalue weighted by Crippen LogP contribution is 2.42. The van der Waals surface area contributed by atoms with Gasteiger partial charge in [-0.15, -0.1) is 0 Å². The second-order valence-electron chi connectivity index (χ2n) is 9.14. The lowest BCUT2D eigenvalue weighted by molar-refractivity contribution is -0.121. The number of anilines is 3. The van der Waals surface area contributed by atoms with E-state index >= 15 is 0 Å². The van der Waals surface area contributed by atoms with Crippen LogP contribution in [-0.2, 0) is 4.79 Å². The molecule has 0 spiro atoms. The van der Waals surface area contributed by atoms with E-state index in [0.29, 0.717) is 23.7 Å². The summed E-state index contributed by atoms with van der Waals surface area (Å²) in [6.45, 7) is 2.95. The first kappa shape index (κ1) is 21.1. The number of halogens is 1. The van der Waals surface area contributed by atoms with Crippen molar-refractivity contribution in [3.63, 3.8) is 0 Å². The molecule has 2 N–H and O–H groups in total. The average Bonchev–Trinajstić information content (AvgIpc) is 3.53. The molecule has 0 bridgehead atoms. The van der Waals surface area contributed by atoms with E-state index in [-0.39, 0.29) is 11.9 Å². The Morgan fingerprint density at radius 1 is 0.875 bits per heavy atom. The van der Waals surface area contributed by atoms with Crippen LogP contribution in [0.1, 0.15) is 32.1 Å². The van der Waals surface area contributed by atoms with Crippen LogP contribution in [0.2, 0.25) is 5.02 Å². The number of carbonyl (C=O) groups is 2. The van der Waals surface area contributed by atoms with E-state index in [1.165, 1.54) is 24.9 Å². The number of nitrogens with zero attached hydrogens (tertiary/aromatic N) is 2. The van der Waals surface area contributed by atoms with Gasteiger partial charge in [0.05, 0.1) is 0 Å². The van der Waals surface area contributed by atoms with E-state index < -0.39 is 6.04 Å². The van der Waals surface area contributed by atoms with Crippen molar-refractivity contribution in [1.82, 2.24) is 5.32 Å². The molecule has 5 rings (SSSR count). The van der Waals surface area contributed by atoms with Crippen LogP contribution in [0, 0.1) is 11.8 Å². The number of amides is 3. The normalized spacial score (nSPS) is 23.3. The fourth-order valence-electron chi connectivity index (χ4n) is 4.94. The second kappa shape index (κ2) is 9.02. The van der Waals surface area contributed by atoms with E-state index in [2.05, 4.69) is 27.7 Å². The van der Waals surface area contributed by atoms with Gasteiger partial charge in [0.1, 0.15) is 6.04 Å². The van der Waals surface area contributed by atoms with Crippen LogP contribution in [-0.4, -0.2) is 37.6 Å². The minimum absolute atomic E-state index is 0.0646. The Hall–Kier alpha value is -2.73. The Balaban J connectivity index is 1.19. The predicted molar refractivity (Wildman–Crippen MR) is 128 cm³/mol. The molecule has 0 radical (unpaired) electrons. The molecule has 1 aliphatic carbocycles. The third kappa shape index (κ3) is 4.70. The summed E-state index contributed by atoms with van der Waals surface area (Å²) in [4.78, 5) is 29.7. The first-order chi connectivity index (χ1) is 15.6. The summed E-state index contributed by atoms with van der Waals surface area (Å²) in [6.07, 6.45) is 5.58. The van der Waals surface area contributed by atoms with Crippen molar-refractivity contribution in [1.29, 1.82) is 0 Å². The molecule has 2 aromatic rings. The lowest BCUT2D eigenvalue weighted by atomic mass is 10.0. The second-order valence-corrected chi connectivity index (χ2v) is 9.58. The standard InChI is InChI=1S/C25H29ClN4O2/c26-19-5-7-20(8-6-19)27-25(32)28-23-2-1-14-30(24(23)31)22-11-9-21(10-12-22)29-15-13-18(16-29)17-3-4-17/h5-12,17-18,23H,1-4,13-16H2,(H2,27,28,32)/t18?,23-/m1/s1. The van der Waals surface area contributed by atoms with Crippen LogP contribution < -0.4 is 20.4 Å². The highest BCUT2D eigenvalue weighted by atomic mass is 35.5. The van der Waals surface area contributed by atoms with Gasteiger partial charge in [0.15, 0.2) is 0 Å². The van der Waals surface area contributed by atoms with Crippen LogP contribution >= 0.6 is 11.6 Å². The number of carbonyl (C=O) groups excluding carboxylic acids is 2. The summed E-state index contributed by atoms with van der Waals surface area (Å²) in [5.74, 6) is 1.74. The molecule has 1 saturated carbocycles. The molecule has 1 unspecified atom stereocenters. The van der Waals surface area contributed by atoms with Crippen LogP contribution in [0.4, 0.5) is 21.9 Å². The lowest BCUT2D eigenvalue weighted by Gasteiger charge is -2.33. The molecule has 2 aromatic carbocycles. The number of urea groups is 1. The summed E-state index contributed by atoms with van der Waals surface area (Å²) in [5.41, 5.74) is 2.76. The van der Waals surface area contributed by atoms with E-state index in [9.17, 15) is 9.59 Å². The maximum absolute atomic E-state index is 13.1. The van der Waals surface area contributed by atoms with Crippen LogP contribution in [0.3, 0.4) is 0 Å². The van der Waals surface area contributed by atoms with Gasteiger partial charge in [-0.05, 0) is 92.5 Å². The third-order valence-corrected chi connectivity index (χ3v) is 7.14. The summed E-state index contributed by atoms with van der Waals surface area (Å²) < 4.78 is 0. The molecule has 2 heterocycles. The quantitative estimate of drug-likeness (QED) is 0.678. The van der Waals surface area contributed by atoms with Gasteiger partial charge in [0, 0.05) is 41.7 Å². The number of nitrogens with one attached hydrogen (secondary N) is 2. The Labute approximate surface area is 193 Å². The molecule has 2 aliphatic heterocycles. The zero-order valence-electron chi connectivity index (χ0n) is 18.1. The maximum Gasteiger partial charge on any atom is 0.319 e. The summed E-state index contributed by atoms with van der Waals surface area (Å²) in [7, 11) is 0. The molecular weight excluding hydrogens is 424 g/mol. The highest BCUT2D eigenvalue weighted by molar-refractivity contribution is 6.30. The molecule has 2 atom stereocenters. The largest absolute Gasteiger partial charge is 0.371 e. The molecule has 3 fully saturated rings. The van der Waals surface area contributed by atoms with Crippen LogP contribution in [0.25, 0.3) is 0 Å². The van der Waals surface area contributed by atoms with Gasteiger partial charge >= 0.3 is 6.03 Å². The molecule has 0 aromatic heterocycles. The van der Waals surface area contributed by atoms with Crippen molar-refractivity contribution in [2.24, 2.45) is 11.8 Å². The summed E-state index contributed by atoms with van der Waals surface area (Å²) in [5, 5.41) is 6.19. The SMILES string of the molecule is O=C(Nc1ccc(Cl)cc1)N[C@@H]1CCCN(c2ccc(N3CCC(C4CC4)C3)cc2)C1=O. The van der Waals surface area contributed by atoms with Gasteiger partial charge in [-0.1, -0.05) is 11.6 Å². The van der Waals surface area contributed by atoms with Gasteiger partial charge < -0.3 is 20.4 Å². The highest BCUT2D eigenvalue weighted by Gasteiger charge is 2.36. The van der Waals surface area contributed by atoms with Crippen LogP contribution in [0.15, 0.2) is 48.5 Å². The van der Waals surface area contributed by atoms with Crippen LogP contribution in [0.5, 0.6) is 0 Å². The maximum atomic E-state index is 13.1. The number of benzene rings is 2. The van der Waals surface area contributed by atoms with Crippen molar-refractivity contribution in [3.05, 3.63) is 53.6 Å². The fraction of sp³-hybridized carbons (Fsp3) is 0.440. The topological polar surface area (TPSA) is 64.7 Å². The van der Waals surface area contributed by atoms with E-state index in [1.54, 1.807) is 29.2 Å². The predicted octanol–water partition coefficient (Wildman–Crippen LogP) is 4.89. The van der Waals surface area contributed by atoms with Crippen molar-refractivity contribution < 1.29 is 9.59 Å². The third-order valence-electron chi connectivity index (χ3n) is 6.89. The van der Waals surface area contributed by atoms with Crippen molar-refractivity contribution in [3.8, 4) is 0 Å². The van der Waals surface area contributed by atoms with Gasteiger partial charge in [-0.25, -0.2) is 4.79 Å². The number of hydrogen-bond acceptors (Lipinski definition) is 3. The van der Waals surface area contributed by atoms with Crippen molar-refractivity contribution >= 4 is 40.6 Å². The molecule has 6 nitrogen and oxygen atoms in total. The molecular formula is C25H29ClN4O2. The average molecular weight is 453 g/mol. The summed E-state index contributed by atoms with van der Waals surface area (Å²) >= 11 is 5.88. The Kier molecular flexibility index (Phi) is 5.96. The van der Waals surface area contributed by atoms with Gasteiger partial charge in [0.25, 0.3) is 0 Å². The minimum atomic E-state index is -0.534. The molecule has 3 aliphatic rings. The fourth-order valence-corrected chi connectivity index (χ4v) is 5.07. The van der Waals surface area contributed by atoms with Gasteiger partial charge in [-0.2, -0.15) is 0 Å². The van der Waals surface area contributed by atoms with Gasteiger partial charge in [0.2, 0.25) is 5.91 Å². The Morgan fingerprint density at radius 3 is 2.31 bits per heavy atom. The molecule has 32 heavy (non-hydrogen) atoms.